The first-order valence-corrected chi connectivity index (χ1v) is 9.00. The molecule has 1 saturated heterocycles. The molecule has 23 heavy (non-hydrogen) atoms. The zero-order chi connectivity index (χ0) is 16.2. The lowest BCUT2D eigenvalue weighted by atomic mass is 10.2. The normalized spacial score (nSPS) is 18.0. The maximum Gasteiger partial charge on any atom is 0.222 e. The molecule has 3 rings (SSSR count). The van der Waals surface area contributed by atoms with Gasteiger partial charge in [-0.05, 0) is 31.4 Å². The van der Waals surface area contributed by atoms with E-state index in [-0.39, 0.29) is 11.9 Å². The third kappa shape index (κ3) is 3.12. The summed E-state index contributed by atoms with van der Waals surface area (Å²) in [7, 11) is 0. The second kappa shape index (κ2) is 7.16. The summed E-state index contributed by atoms with van der Waals surface area (Å²) in [5, 5.41) is 0. The second-order valence-electron chi connectivity index (χ2n) is 6.42. The molecule has 4 heteroatoms. The number of para-hydroxylation sites is 2. The molecule has 1 aliphatic rings. The molecule has 0 radical (unpaired) electrons. The molecule has 1 aromatic heterocycles. The smallest absolute Gasteiger partial charge is 0.222 e. The zero-order valence-corrected chi connectivity index (χ0v) is 14.3. The lowest BCUT2D eigenvalue weighted by molar-refractivity contribution is -0.131. The summed E-state index contributed by atoms with van der Waals surface area (Å²) in [5.41, 5.74) is 2.25. The highest BCUT2D eigenvalue weighted by atomic mass is 16.2. The Hall–Kier alpha value is -1.84. The molecule has 1 aromatic carbocycles. The number of amides is 1. The third-order valence-corrected chi connectivity index (χ3v) is 4.84. The van der Waals surface area contributed by atoms with Gasteiger partial charge in [-0.2, -0.15) is 0 Å². The van der Waals surface area contributed by atoms with Gasteiger partial charge < -0.3 is 9.47 Å². The van der Waals surface area contributed by atoms with E-state index in [0.29, 0.717) is 6.42 Å². The molecule has 1 atom stereocenters. The number of nitrogens with zero attached hydrogens (tertiary/aromatic N) is 3. The number of unbranched alkanes of at least 4 members (excludes halogenated alkanes) is 2. The Kier molecular flexibility index (Phi) is 4.99. The van der Waals surface area contributed by atoms with Crippen LogP contribution in [0.1, 0.15) is 64.2 Å². The molecule has 0 spiro atoms. The average Bonchev–Trinajstić information content (AvgIpc) is 3.19. The minimum Gasteiger partial charge on any atom is -0.333 e. The van der Waals surface area contributed by atoms with Gasteiger partial charge in [0, 0.05) is 19.5 Å². The van der Waals surface area contributed by atoms with Crippen molar-refractivity contribution in [3.63, 3.8) is 0 Å². The molecule has 1 unspecified atom stereocenters. The Balaban J connectivity index is 1.98. The lowest BCUT2D eigenvalue weighted by Gasteiger charge is -2.24. The minimum atomic E-state index is 0.150. The van der Waals surface area contributed by atoms with Gasteiger partial charge in [-0.1, -0.05) is 38.8 Å². The highest BCUT2D eigenvalue weighted by Gasteiger charge is 2.32. The molecule has 124 valence electrons. The number of benzene rings is 1. The number of likely N-dealkylation sites (tertiary alicyclic amines) is 1. The van der Waals surface area contributed by atoms with Crippen LogP contribution in [0.25, 0.3) is 11.0 Å². The average molecular weight is 313 g/mol. The first-order chi connectivity index (χ1) is 11.3. The number of rotatable bonds is 6. The highest BCUT2D eigenvalue weighted by Crippen LogP contribution is 2.34. The number of imidazole rings is 1. The summed E-state index contributed by atoms with van der Waals surface area (Å²) >= 11 is 0. The molecule has 4 nitrogen and oxygen atoms in total. The SMILES string of the molecule is CCCCCn1c(C2CCCN2C(=O)CC)nc2ccccc21. The van der Waals surface area contributed by atoms with Crippen LogP contribution < -0.4 is 0 Å². The van der Waals surface area contributed by atoms with E-state index in [4.69, 9.17) is 4.98 Å². The van der Waals surface area contributed by atoms with Crippen LogP contribution in [0, 0.1) is 0 Å². The maximum absolute atomic E-state index is 12.3. The van der Waals surface area contributed by atoms with Gasteiger partial charge in [0.15, 0.2) is 0 Å². The van der Waals surface area contributed by atoms with Crippen molar-refractivity contribution < 1.29 is 4.79 Å². The Bertz CT molecular complexity index is 676. The highest BCUT2D eigenvalue weighted by molar-refractivity contribution is 5.78. The van der Waals surface area contributed by atoms with Crippen molar-refractivity contribution >= 4 is 16.9 Å². The van der Waals surface area contributed by atoms with Gasteiger partial charge in [-0.25, -0.2) is 4.98 Å². The predicted molar refractivity (Wildman–Crippen MR) is 93.2 cm³/mol. The minimum absolute atomic E-state index is 0.150. The molecule has 0 saturated carbocycles. The summed E-state index contributed by atoms with van der Waals surface area (Å²) in [6.07, 6.45) is 6.29. The van der Waals surface area contributed by atoms with E-state index in [0.717, 1.165) is 43.7 Å². The molecular formula is C19H27N3O. The molecule has 2 aromatic rings. The number of carbonyl (C=O) groups is 1. The number of fused-ring (bicyclic) bond motifs is 1. The fourth-order valence-corrected chi connectivity index (χ4v) is 3.64. The fraction of sp³-hybridized carbons (Fsp3) is 0.579. The van der Waals surface area contributed by atoms with Gasteiger partial charge in [0.2, 0.25) is 5.91 Å². The standard InChI is InChI=1S/C19H27N3O/c1-3-5-8-13-22-16-11-7-6-10-15(16)20-19(22)17-12-9-14-21(17)18(23)4-2/h6-7,10-11,17H,3-5,8-9,12-14H2,1-2H3. The second-order valence-corrected chi connectivity index (χ2v) is 6.42. The van der Waals surface area contributed by atoms with E-state index >= 15 is 0 Å². The van der Waals surface area contributed by atoms with E-state index in [1.807, 2.05) is 17.9 Å². The topological polar surface area (TPSA) is 38.1 Å². The molecule has 1 amide bonds. The van der Waals surface area contributed by atoms with Crippen LogP contribution >= 0.6 is 0 Å². The first-order valence-electron chi connectivity index (χ1n) is 9.00. The van der Waals surface area contributed by atoms with Crippen LogP contribution in [0.2, 0.25) is 0 Å². The van der Waals surface area contributed by atoms with Gasteiger partial charge in [-0.15, -0.1) is 0 Å². The zero-order valence-electron chi connectivity index (χ0n) is 14.3. The van der Waals surface area contributed by atoms with Gasteiger partial charge in [0.05, 0.1) is 17.1 Å². The number of aromatic nitrogens is 2. The molecule has 0 aliphatic carbocycles. The van der Waals surface area contributed by atoms with E-state index in [1.54, 1.807) is 0 Å². The fourth-order valence-electron chi connectivity index (χ4n) is 3.64. The van der Waals surface area contributed by atoms with Crippen molar-refractivity contribution in [3.8, 4) is 0 Å². The largest absolute Gasteiger partial charge is 0.333 e. The number of aryl methyl sites for hydroxylation is 1. The maximum atomic E-state index is 12.3. The first kappa shape index (κ1) is 16.0. The van der Waals surface area contributed by atoms with E-state index in [9.17, 15) is 4.79 Å². The molecule has 1 aliphatic heterocycles. The Labute approximate surface area is 138 Å². The van der Waals surface area contributed by atoms with Gasteiger partial charge in [-0.3, -0.25) is 4.79 Å². The Morgan fingerprint density at radius 3 is 2.87 bits per heavy atom. The van der Waals surface area contributed by atoms with Crippen molar-refractivity contribution in [2.24, 2.45) is 0 Å². The molecule has 0 bridgehead atoms. The van der Waals surface area contributed by atoms with E-state index in [1.165, 1.54) is 18.4 Å². The predicted octanol–water partition coefficient (Wildman–Crippen LogP) is 4.30. The number of carbonyl (C=O) groups excluding carboxylic acids is 1. The van der Waals surface area contributed by atoms with E-state index < -0.39 is 0 Å². The Morgan fingerprint density at radius 2 is 2.09 bits per heavy atom. The van der Waals surface area contributed by atoms with Crippen molar-refractivity contribution in [2.45, 2.75) is 65.0 Å². The van der Waals surface area contributed by atoms with Crippen LogP contribution in [-0.2, 0) is 11.3 Å². The van der Waals surface area contributed by atoms with Gasteiger partial charge in [0.25, 0.3) is 0 Å². The lowest BCUT2D eigenvalue weighted by Crippen LogP contribution is -2.31. The van der Waals surface area contributed by atoms with Crippen LogP contribution in [0.4, 0.5) is 0 Å². The summed E-state index contributed by atoms with van der Waals surface area (Å²) in [6.45, 7) is 6.04. The molecule has 0 N–H and O–H groups in total. The summed E-state index contributed by atoms with van der Waals surface area (Å²) in [6, 6.07) is 8.50. The van der Waals surface area contributed by atoms with Crippen molar-refractivity contribution in [2.75, 3.05) is 6.54 Å². The van der Waals surface area contributed by atoms with Crippen LogP contribution in [0.5, 0.6) is 0 Å². The quantitative estimate of drug-likeness (QED) is 0.746. The molecule has 1 fully saturated rings. The summed E-state index contributed by atoms with van der Waals surface area (Å²) in [4.78, 5) is 19.2. The van der Waals surface area contributed by atoms with Gasteiger partial charge in [0.1, 0.15) is 5.82 Å². The van der Waals surface area contributed by atoms with Crippen LogP contribution in [0.3, 0.4) is 0 Å². The molecule has 2 heterocycles. The van der Waals surface area contributed by atoms with E-state index in [2.05, 4.69) is 29.7 Å². The third-order valence-electron chi connectivity index (χ3n) is 4.84. The van der Waals surface area contributed by atoms with Crippen LogP contribution in [-0.4, -0.2) is 26.9 Å². The number of hydrogen-bond acceptors (Lipinski definition) is 2. The Morgan fingerprint density at radius 1 is 1.26 bits per heavy atom. The summed E-state index contributed by atoms with van der Waals surface area (Å²) in [5.74, 6) is 1.33. The molecular weight excluding hydrogens is 286 g/mol. The number of hydrogen-bond donors (Lipinski definition) is 0. The van der Waals surface area contributed by atoms with Crippen molar-refractivity contribution in [3.05, 3.63) is 30.1 Å². The van der Waals surface area contributed by atoms with Crippen LogP contribution in [0.15, 0.2) is 24.3 Å². The van der Waals surface area contributed by atoms with Crippen molar-refractivity contribution in [1.29, 1.82) is 0 Å². The van der Waals surface area contributed by atoms with Gasteiger partial charge >= 0.3 is 0 Å². The monoisotopic (exact) mass is 313 g/mol. The van der Waals surface area contributed by atoms with Crippen molar-refractivity contribution in [1.82, 2.24) is 14.5 Å². The summed E-state index contributed by atoms with van der Waals surface area (Å²) < 4.78 is 2.36.